The highest BCUT2D eigenvalue weighted by molar-refractivity contribution is 6.01. The van der Waals surface area contributed by atoms with E-state index in [9.17, 15) is 4.79 Å². The highest BCUT2D eigenvalue weighted by Crippen LogP contribution is 2.28. The van der Waals surface area contributed by atoms with Gasteiger partial charge in [-0.1, -0.05) is 18.7 Å². The second-order valence-electron chi connectivity index (χ2n) is 6.29. The highest BCUT2D eigenvalue weighted by atomic mass is 16.5. The van der Waals surface area contributed by atoms with Crippen molar-refractivity contribution in [2.45, 2.75) is 0 Å². The topological polar surface area (TPSA) is 81.1 Å². The first-order chi connectivity index (χ1) is 14.7. The largest absolute Gasteiger partial charge is 0.457 e. The van der Waals surface area contributed by atoms with Gasteiger partial charge in [0, 0.05) is 24.7 Å². The molecule has 1 amide bonds. The smallest absolute Gasteiger partial charge is 0.247 e. The fourth-order valence-corrected chi connectivity index (χ4v) is 2.79. The first kappa shape index (κ1) is 18.9. The third-order valence-corrected chi connectivity index (χ3v) is 4.21. The minimum Gasteiger partial charge on any atom is -0.457 e. The minimum absolute atomic E-state index is 0.284. The second kappa shape index (κ2) is 8.74. The molecule has 2 N–H and O–H groups in total. The summed E-state index contributed by atoms with van der Waals surface area (Å²) in [6, 6.07) is 20.4. The fraction of sp³-hybridized carbons (Fsp3) is 0. The van der Waals surface area contributed by atoms with Gasteiger partial charge in [0.25, 0.3) is 0 Å². The number of nitrogens with one attached hydrogen (secondary N) is 2. The molecule has 30 heavy (non-hydrogen) atoms. The van der Waals surface area contributed by atoms with Crippen LogP contribution in [0.25, 0.3) is 5.69 Å². The lowest BCUT2D eigenvalue weighted by Gasteiger charge is -2.13. The summed E-state index contributed by atoms with van der Waals surface area (Å²) in [5, 5.41) is 10.2. The highest BCUT2D eigenvalue weighted by Gasteiger charge is 2.07. The minimum atomic E-state index is -0.284. The third kappa shape index (κ3) is 4.53. The Bertz CT molecular complexity index is 1150. The van der Waals surface area contributed by atoms with Gasteiger partial charge >= 0.3 is 0 Å². The SMILES string of the molecule is C=CC(=O)Nc1ccccc1Nc1cc(Oc2ccc(-n3cccn3)cc2)ccn1. The lowest BCUT2D eigenvalue weighted by atomic mass is 10.2. The molecule has 4 rings (SSSR count). The van der Waals surface area contributed by atoms with Gasteiger partial charge in [0.2, 0.25) is 5.91 Å². The van der Waals surface area contributed by atoms with Crippen LogP contribution in [0.1, 0.15) is 0 Å². The molecule has 0 atom stereocenters. The molecule has 7 nitrogen and oxygen atoms in total. The summed E-state index contributed by atoms with van der Waals surface area (Å²) in [6.07, 6.45) is 6.49. The molecule has 0 unspecified atom stereocenters. The molecule has 0 bridgehead atoms. The molecule has 2 aromatic heterocycles. The molecule has 0 spiro atoms. The number of para-hydroxylation sites is 2. The Kier molecular flexibility index (Phi) is 5.52. The predicted molar refractivity (Wildman–Crippen MR) is 116 cm³/mol. The van der Waals surface area contributed by atoms with E-state index in [4.69, 9.17) is 4.74 Å². The van der Waals surface area contributed by atoms with Gasteiger partial charge in [0.15, 0.2) is 0 Å². The molecule has 4 aromatic rings. The van der Waals surface area contributed by atoms with Gasteiger partial charge in [-0.15, -0.1) is 0 Å². The van der Waals surface area contributed by atoms with Crippen LogP contribution in [0.2, 0.25) is 0 Å². The maximum Gasteiger partial charge on any atom is 0.247 e. The number of pyridine rings is 1. The Labute approximate surface area is 173 Å². The first-order valence-corrected chi connectivity index (χ1v) is 9.25. The zero-order valence-electron chi connectivity index (χ0n) is 16.0. The molecule has 7 heteroatoms. The Morgan fingerprint density at radius 3 is 2.50 bits per heavy atom. The summed E-state index contributed by atoms with van der Waals surface area (Å²) in [7, 11) is 0. The molecule has 0 aliphatic rings. The fourth-order valence-electron chi connectivity index (χ4n) is 2.79. The van der Waals surface area contributed by atoms with E-state index in [1.165, 1.54) is 6.08 Å². The number of rotatable bonds is 7. The monoisotopic (exact) mass is 397 g/mol. The van der Waals surface area contributed by atoms with Gasteiger partial charge < -0.3 is 15.4 Å². The van der Waals surface area contributed by atoms with Crippen LogP contribution >= 0.6 is 0 Å². The molecule has 148 valence electrons. The van der Waals surface area contributed by atoms with Crippen LogP contribution in [-0.2, 0) is 4.79 Å². The standard InChI is InChI=1S/C23H19N5O2/c1-2-23(29)27-21-7-4-3-6-20(21)26-22-16-19(12-14-24-22)30-18-10-8-17(9-11-18)28-15-5-13-25-28/h2-16H,1H2,(H,24,26)(H,27,29). The van der Waals surface area contributed by atoms with Crippen molar-refractivity contribution < 1.29 is 9.53 Å². The first-order valence-electron chi connectivity index (χ1n) is 9.25. The lowest BCUT2D eigenvalue weighted by molar-refractivity contribution is -0.111. The van der Waals surface area contributed by atoms with Crippen LogP contribution in [-0.4, -0.2) is 20.7 Å². The second-order valence-corrected chi connectivity index (χ2v) is 6.29. The molecule has 2 aromatic carbocycles. The van der Waals surface area contributed by atoms with E-state index in [2.05, 4.69) is 27.3 Å². The van der Waals surface area contributed by atoms with E-state index in [0.717, 1.165) is 5.69 Å². The Hall–Kier alpha value is -4.39. The molecular formula is C23H19N5O2. The molecule has 0 aliphatic carbocycles. The van der Waals surface area contributed by atoms with Crippen LogP contribution < -0.4 is 15.4 Å². The average Bonchev–Trinajstić information content (AvgIpc) is 3.31. The zero-order valence-corrected chi connectivity index (χ0v) is 16.0. The molecule has 0 saturated carbocycles. The molecule has 2 heterocycles. The normalized spacial score (nSPS) is 10.3. The van der Waals surface area contributed by atoms with Crippen molar-refractivity contribution in [1.29, 1.82) is 0 Å². The summed E-state index contributed by atoms with van der Waals surface area (Å²) in [6.45, 7) is 3.48. The number of hydrogen-bond acceptors (Lipinski definition) is 5. The van der Waals surface area contributed by atoms with Crippen molar-refractivity contribution in [3.63, 3.8) is 0 Å². The van der Waals surface area contributed by atoms with Gasteiger partial charge in [-0.05, 0) is 54.6 Å². The summed E-state index contributed by atoms with van der Waals surface area (Å²) >= 11 is 0. The van der Waals surface area contributed by atoms with E-state index in [0.29, 0.717) is 28.7 Å². The maximum absolute atomic E-state index is 11.6. The number of hydrogen-bond donors (Lipinski definition) is 2. The maximum atomic E-state index is 11.6. The zero-order chi connectivity index (χ0) is 20.8. The molecule has 0 aliphatic heterocycles. The van der Waals surface area contributed by atoms with Crippen LogP contribution in [0, 0.1) is 0 Å². The van der Waals surface area contributed by atoms with Crippen molar-refractivity contribution >= 4 is 23.1 Å². The van der Waals surface area contributed by atoms with Crippen LogP contribution in [0.15, 0.2) is 98.0 Å². The van der Waals surface area contributed by atoms with Crippen molar-refractivity contribution in [3.05, 3.63) is 98.0 Å². The summed E-state index contributed by atoms with van der Waals surface area (Å²) in [5.74, 6) is 1.63. The van der Waals surface area contributed by atoms with Crippen molar-refractivity contribution in [2.75, 3.05) is 10.6 Å². The van der Waals surface area contributed by atoms with E-state index in [1.807, 2.05) is 54.7 Å². The Morgan fingerprint density at radius 1 is 0.967 bits per heavy atom. The molecule has 0 fully saturated rings. The Morgan fingerprint density at radius 2 is 1.77 bits per heavy atom. The molecule has 0 saturated heterocycles. The van der Waals surface area contributed by atoms with E-state index < -0.39 is 0 Å². The number of benzene rings is 2. The number of ether oxygens (including phenoxy) is 1. The molecule has 0 radical (unpaired) electrons. The number of nitrogens with zero attached hydrogens (tertiary/aromatic N) is 3. The summed E-state index contributed by atoms with van der Waals surface area (Å²) in [5.41, 5.74) is 2.29. The van der Waals surface area contributed by atoms with Crippen LogP contribution in [0.4, 0.5) is 17.2 Å². The Balaban J connectivity index is 1.48. The van der Waals surface area contributed by atoms with Crippen molar-refractivity contribution in [1.82, 2.24) is 14.8 Å². The van der Waals surface area contributed by atoms with Gasteiger partial charge in [-0.25, -0.2) is 9.67 Å². The van der Waals surface area contributed by atoms with Gasteiger partial charge in [-0.2, -0.15) is 5.10 Å². The van der Waals surface area contributed by atoms with Gasteiger partial charge in [-0.3, -0.25) is 4.79 Å². The van der Waals surface area contributed by atoms with Gasteiger partial charge in [0.05, 0.1) is 17.1 Å². The molecular weight excluding hydrogens is 378 g/mol. The quantitative estimate of drug-likeness (QED) is 0.432. The van der Waals surface area contributed by atoms with Gasteiger partial charge in [0.1, 0.15) is 17.3 Å². The number of anilines is 3. The number of carbonyl (C=O) groups is 1. The summed E-state index contributed by atoms with van der Waals surface area (Å²) < 4.78 is 7.73. The number of aromatic nitrogens is 3. The van der Waals surface area contributed by atoms with Crippen LogP contribution in [0.3, 0.4) is 0 Å². The van der Waals surface area contributed by atoms with Crippen molar-refractivity contribution in [2.24, 2.45) is 0 Å². The lowest BCUT2D eigenvalue weighted by Crippen LogP contribution is -2.09. The predicted octanol–water partition coefficient (Wildman–Crippen LogP) is 4.93. The third-order valence-electron chi connectivity index (χ3n) is 4.21. The number of carbonyl (C=O) groups excluding carboxylic acids is 1. The average molecular weight is 397 g/mol. The van der Waals surface area contributed by atoms with E-state index in [-0.39, 0.29) is 5.91 Å². The van der Waals surface area contributed by atoms with Crippen molar-refractivity contribution in [3.8, 4) is 17.2 Å². The van der Waals surface area contributed by atoms with E-state index >= 15 is 0 Å². The van der Waals surface area contributed by atoms with E-state index in [1.54, 1.807) is 35.3 Å². The number of amides is 1. The summed E-state index contributed by atoms with van der Waals surface area (Å²) in [4.78, 5) is 16.0. The van der Waals surface area contributed by atoms with Crippen LogP contribution in [0.5, 0.6) is 11.5 Å².